The molecule has 5 heteroatoms. The van der Waals surface area contributed by atoms with E-state index in [2.05, 4.69) is 26.6 Å². The maximum atomic E-state index is 5.93. The molecule has 0 amide bonds. The Morgan fingerprint density at radius 2 is 2.10 bits per heavy atom. The molecular formula is C16H14BrClN2O. The first kappa shape index (κ1) is 14.4. The van der Waals surface area contributed by atoms with Gasteiger partial charge in [-0.2, -0.15) is 0 Å². The lowest BCUT2D eigenvalue weighted by molar-refractivity contribution is 0.414. The van der Waals surface area contributed by atoms with Gasteiger partial charge in [0.2, 0.25) is 0 Å². The van der Waals surface area contributed by atoms with Crippen LogP contribution >= 0.6 is 27.5 Å². The SMILES string of the molecule is COc1cccc(-n2c(CCCl)nc3cc(Br)ccc32)c1. The van der Waals surface area contributed by atoms with E-state index >= 15 is 0 Å². The molecule has 0 unspecified atom stereocenters. The molecule has 3 nitrogen and oxygen atoms in total. The van der Waals surface area contributed by atoms with Crippen LogP contribution in [0.2, 0.25) is 0 Å². The Kier molecular flexibility index (Phi) is 4.17. The van der Waals surface area contributed by atoms with Crippen LogP contribution in [0.1, 0.15) is 5.82 Å². The number of imidazole rings is 1. The summed E-state index contributed by atoms with van der Waals surface area (Å²) < 4.78 is 8.46. The quantitative estimate of drug-likeness (QED) is 0.633. The molecule has 1 aromatic heterocycles. The average molecular weight is 366 g/mol. The zero-order chi connectivity index (χ0) is 14.8. The van der Waals surface area contributed by atoms with Gasteiger partial charge in [-0.3, -0.25) is 4.57 Å². The number of halogens is 2. The lowest BCUT2D eigenvalue weighted by atomic mass is 10.2. The third-order valence-electron chi connectivity index (χ3n) is 3.32. The normalized spacial score (nSPS) is 11.0. The summed E-state index contributed by atoms with van der Waals surface area (Å²) in [7, 11) is 1.67. The Morgan fingerprint density at radius 1 is 1.24 bits per heavy atom. The van der Waals surface area contributed by atoms with Gasteiger partial charge in [-0.25, -0.2) is 4.98 Å². The zero-order valence-corrected chi connectivity index (χ0v) is 13.9. The van der Waals surface area contributed by atoms with Crippen molar-refractivity contribution in [3.05, 3.63) is 52.8 Å². The summed E-state index contributed by atoms with van der Waals surface area (Å²) >= 11 is 9.41. The maximum absolute atomic E-state index is 5.93. The number of nitrogens with zero attached hydrogens (tertiary/aromatic N) is 2. The van der Waals surface area contributed by atoms with E-state index < -0.39 is 0 Å². The van der Waals surface area contributed by atoms with Gasteiger partial charge >= 0.3 is 0 Å². The summed E-state index contributed by atoms with van der Waals surface area (Å²) in [5.41, 5.74) is 3.04. The first-order valence-electron chi connectivity index (χ1n) is 6.60. The highest BCUT2D eigenvalue weighted by Crippen LogP contribution is 2.26. The van der Waals surface area contributed by atoms with E-state index in [0.717, 1.165) is 32.8 Å². The highest BCUT2D eigenvalue weighted by molar-refractivity contribution is 9.10. The van der Waals surface area contributed by atoms with Crippen molar-refractivity contribution >= 4 is 38.6 Å². The number of fused-ring (bicyclic) bond motifs is 1. The molecule has 0 N–H and O–H groups in total. The monoisotopic (exact) mass is 364 g/mol. The third kappa shape index (κ3) is 2.78. The molecule has 0 radical (unpaired) electrons. The van der Waals surface area contributed by atoms with E-state index in [1.807, 2.05) is 36.4 Å². The molecule has 3 rings (SSSR count). The largest absolute Gasteiger partial charge is 0.497 e. The zero-order valence-electron chi connectivity index (χ0n) is 11.5. The number of aromatic nitrogens is 2. The molecule has 0 aliphatic carbocycles. The molecule has 21 heavy (non-hydrogen) atoms. The van der Waals surface area contributed by atoms with Gasteiger partial charge in [0.25, 0.3) is 0 Å². The summed E-state index contributed by atoms with van der Waals surface area (Å²) in [6.07, 6.45) is 0.713. The fourth-order valence-electron chi connectivity index (χ4n) is 2.39. The van der Waals surface area contributed by atoms with Crippen molar-refractivity contribution in [2.24, 2.45) is 0 Å². The van der Waals surface area contributed by atoms with E-state index in [0.29, 0.717) is 12.3 Å². The lowest BCUT2D eigenvalue weighted by Gasteiger charge is -2.10. The predicted molar refractivity (Wildman–Crippen MR) is 89.7 cm³/mol. The van der Waals surface area contributed by atoms with Gasteiger partial charge in [0, 0.05) is 22.8 Å². The first-order chi connectivity index (χ1) is 10.2. The molecule has 1 heterocycles. The van der Waals surface area contributed by atoms with Crippen LogP contribution in [0.4, 0.5) is 0 Å². The number of aryl methyl sites for hydroxylation is 1. The van der Waals surface area contributed by atoms with E-state index in [1.54, 1.807) is 7.11 Å². The number of hydrogen-bond donors (Lipinski definition) is 0. The Morgan fingerprint density at radius 3 is 2.86 bits per heavy atom. The number of hydrogen-bond acceptors (Lipinski definition) is 2. The van der Waals surface area contributed by atoms with E-state index in [1.165, 1.54) is 0 Å². The lowest BCUT2D eigenvalue weighted by Crippen LogP contribution is -2.02. The number of benzene rings is 2. The molecule has 0 aliphatic heterocycles. The Hall–Kier alpha value is -1.52. The van der Waals surface area contributed by atoms with E-state index in [4.69, 9.17) is 21.3 Å². The molecule has 2 aromatic carbocycles. The van der Waals surface area contributed by atoms with Crippen LogP contribution in [0.25, 0.3) is 16.7 Å². The second-order valence-electron chi connectivity index (χ2n) is 4.64. The van der Waals surface area contributed by atoms with Gasteiger partial charge in [0.05, 0.1) is 23.8 Å². The van der Waals surface area contributed by atoms with Crippen LogP contribution in [0, 0.1) is 0 Å². The predicted octanol–water partition coefficient (Wildman–Crippen LogP) is 4.58. The van der Waals surface area contributed by atoms with Crippen LogP contribution in [0.3, 0.4) is 0 Å². The molecule has 0 saturated heterocycles. The van der Waals surface area contributed by atoms with Crippen LogP contribution in [0.15, 0.2) is 46.9 Å². The van der Waals surface area contributed by atoms with Crippen molar-refractivity contribution in [2.75, 3.05) is 13.0 Å². The molecule has 0 spiro atoms. The topological polar surface area (TPSA) is 27.1 Å². The van der Waals surface area contributed by atoms with E-state index in [9.17, 15) is 0 Å². The van der Waals surface area contributed by atoms with Crippen molar-refractivity contribution in [3.63, 3.8) is 0 Å². The van der Waals surface area contributed by atoms with Crippen LogP contribution in [0.5, 0.6) is 5.75 Å². The van der Waals surface area contributed by atoms with Crippen molar-refractivity contribution in [3.8, 4) is 11.4 Å². The fourth-order valence-corrected chi connectivity index (χ4v) is 2.91. The molecule has 0 atom stereocenters. The van der Waals surface area contributed by atoms with Gasteiger partial charge < -0.3 is 4.74 Å². The molecule has 0 saturated carbocycles. The van der Waals surface area contributed by atoms with Gasteiger partial charge in [-0.05, 0) is 30.3 Å². The Bertz CT molecular complexity index is 785. The summed E-state index contributed by atoms with van der Waals surface area (Å²) in [4.78, 5) is 4.70. The summed E-state index contributed by atoms with van der Waals surface area (Å²) in [5.74, 6) is 2.31. The van der Waals surface area contributed by atoms with Crippen LogP contribution in [-0.4, -0.2) is 22.5 Å². The smallest absolute Gasteiger partial charge is 0.120 e. The molecule has 0 fully saturated rings. The van der Waals surface area contributed by atoms with Gasteiger partial charge in [-0.15, -0.1) is 11.6 Å². The maximum Gasteiger partial charge on any atom is 0.120 e. The van der Waals surface area contributed by atoms with Crippen molar-refractivity contribution in [2.45, 2.75) is 6.42 Å². The number of methoxy groups -OCH3 is 1. The Balaban J connectivity index is 2.25. The van der Waals surface area contributed by atoms with Gasteiger partial charge in [0.15, 0.2) is 0 Å². The van der Waals surface area contributed by atoms with Crippen molar-refractivity contribution in [1.82, 2.24) is 9.55 Å². The number of rotatable bonds is 4. The van der Waals surface area contributed by atoms with Gasteiger partial charge in [0.1, 0.15) is 11.6 Å². The number of alkyl halides is 1. The minimum absolute atomic E-state index is 0.536. The Labute approximate surface area is 136 Å². The molecule has 0 aliphatic rings. The van der Waals surface area contributed by atoms with Crippen molar-refractivity contribution in [1.29, 1.82) is 0 Å². The fraction of sp³-hybridized carbons (Fsp3) is 0.188. The van der Waals surface area contributed by atoms with Crippen LogP contribution in [-0.2, 0) is 6.42 Å². The average Bonchev–Trinajstić information content (AvgIpc) is 2.84. The van der Waals surface area contributed by atoms with Crippen LogP contribution < -0.4 is 4.74 Å². The standard InChI is InChI=1S/C16H14BrClN2O/c1-21-13-4-2-3-12(10-13)20-15-6-5-11(17)9-14(15)19-16(20)7-8-18/h2-6,9-10H,7-8H2,1H3. The van der Waals surface area contributed by atoms with E-state index in [-0.39, 0.29) is 0 Å². The number of ether oxygens (including phenoxy) is 1. The highest BCUT2D eigenvalue weighted by Gasteiger charge is 2.12. The van der Waals surface area contributed by atoms with Gasteiger partial charge in [-0.1, -0.05) is 22.0 Å². The van der Waals surface area contributed by atoms with Crippen molar-refractivity contribution < 1.29 is 4.74 Å². The summed E-state index contributed by atoms with van der Waals surface area (Å²) in [6.45, 7) is 0. The molecular weight excluding hydrogens is 352 g/mol. The summed E-state index contributed by atoms with van der Waals surface area (Å²) in [6, 6.07) is 14.0. The molecule has 0 bridgehead atoms. The minimum atomic E-state index is 0.536. The molecule has 3 aromatic rings. The second kappa shape index (κ2) is 6.08. The first-order valence-corrected chi connectivity index (χ1v) is 7.93. The molecule has 108 valence electrons. The highest BCUT2D eigenvalue weighted by atomic mass is 79.9. The second-order valence-corrected chi connectivity index (χ2v) is 5.93. The minimum Gasteiger partial charge on any atom is -0.497 e. The summed E-state index contributed by atoms with van der Waals surface area (Å²) in [5, 5.41) is 0. The third-order valence-corrected chi connectivity index (χ3v) is 4.00.